The lowest BCUT2D eigenvalue weighted by Crippen LogP contribution is -2.22. The van der Waals surface area contributed by atoms with E-state index in [9.17, 15) is 0 Å². The first-order chi connectivity index (χ1) is 13.6. The normalized spacial score (nSPS) is 14.1. The zero-order valence-electron chi connectivity index (χ0n) is 16.7. The average Bonchev–Trinajstić information content (AvgIpc) is 3.50. The van der Waals surface area contributed by atoms with Crippen molar-refractivity contribution < 1.29 is 4.74 Å². The number of nitrogens with zero attached hydrogens (tertiary/aromatic N) is 2. The van der Waals surface area contributed by atoms with E-state index in [1.54, 1.807) is 7.11 Å². The van der Waals surface area contributed by atoms with Crippen LogP contribution in [-0.2, 0) is 0 Å². The number of nitrogens with one attached hydrogen (secondary N) is 1. The number of fused-ring (bicyclic) bond motifs is 2. The number of hydrogen-bond acceptors (Lipinski definition) is 4. The van der Waals surface area contributed by atoms with Gasteiger partial charge in [-0.25, -0.2) is 4.98 Å². The fourth-order valence-electron chi connectivity index (χ4n) is 3.77. The number of hydrogen-bond donors (Lipinski definition) is 1. The van der Waals surface area contributed by atoms with Crippen LogP contribution in [0.2, 0.25) is 0 Å². The van der Waals surface area contributed by atoms with E-state index in [1.807, 2.05) is 12.1 Å². The molecule has 0 saturated heterocycles. The number of rotatable bonds is 9. The van der Waals surface area contributed by atoms with E-state index in [0.29, 0.717) is 0 Å². The van der Waals surface area contributed by atoms with E-state index >= 15 is 0 Å². The molecule has 5 heteroatoms. The molecular weight excluding hydrogens is 414 g/mol. The van der Waals surface area contributed by atoms with Gasteiger partial charge in [0.25, 0.3) is 0 Å². The quantitative estimate of drug-likeness (QED) is 0.341. The van der Waals surface area contributed by atoms with Gasteiger partial charge >= 0.3 is 0 Å². The third-order valence-corrected chi connectivity index (χ3v) is 5.97. The highest BCUT2D eigenvalue weighted by Crippen LogP contribution is 2.34. The van der Waals surface area contributed by atoms with Crippen molar-refractivity contribution in [3.63, 3.8) is 0 Å². The number of anilines is 1. The van der Waals surface area contributed by atoms with Crippen LogP contribution in [0.4, 0.5) is 5.69 Å². The molecule has 0 spiro atoms. The van der Waals surface area contributed by atoms with Crippen LogP contribution in [0.1, 0.15) is 25.7 Å². The maximum atomic E-state index is 5.45. The molecule has 4 rings (SSSR count). The second-order valence-electron chi connectivity index (χ2n) is 7.87. The van der Waals surface area contributed by atoms with Crippen molar-refractivity contribution in [1.29, 1.82) is 0 Å². The number of benzene rings is 2. The molecular formula is C23H28BrN3O. The zero-order valence-corrected chi connectivity index (χ0v) is 18.3. The maximum absolute atomic E-state index is 5.45. The van der Waals surface area contributed by atoms with Gasteiger partial charge in [-0.05, 0) is 81.6 Å². The molecule has 2 aromatic carbocycles. The van der Waals surface area contributed by atoms with Gasteiger partial charge in [-0.1, -0.05) is 15.9 Å². The van der Waals surface area contributed by atoms with Crippen LogP contribution in [0.3, 0.4) is 0 Å². The predicted octanol–water partition coefficient (Wildman–Crippen LogP) is 5.69. The van der Waals surface area contributed by atoms with Crippen molar-refractivity contribution in [2.75, 3.05) is 39.1 Å². The molecule has 4 nitrogen and oxygen atoms in total. The van der Waals surface area contributed by atoms with Gasteiger partial charge in [-0.2, -0.15) is 0 Å². The second-order valence-corrected chi connectivity index (χ2v) is 8.79. The summed E-state index contributed by atoms with van der Waals surface area (Å²) in [6, 6.07) is 12.4. The number of aromatic nitrogens is 1. The molecule has 0 unspecified atom stereocenters. The van der Waals surface area contributed by atoms with Crippen LogP contribution in [0.15, 0.2) is 40.9 Å². The van der Waals surface area contributed by atoms with Gasteiger partial charge in [0, 0.05) is 28.3 Å². The molecule has 0 aliphatic heterocycles. The molecule has 1 aliphatic carbocycles. The van der Waals surface area contributed by atoms with Crippen LogP contribution in [0, 0.1) is 5.92 Å². The summed E-state index contributed by atoms with van der Waals surface area (Å²) in [5, 5.41) is 5.96. The number of halogens is 1. The van der Waals surface area contributed by atoms with Crippen LogP contribution < -0.4 is 10.1 Å². The van der Waals surface area contributed by atoms with Crippen molar-refractivity contribution in [2.24, 2.45) is 5.92 Å². The molecule has 0 amide bonds. The summed E-state index contributed by atoms with van der Waals surface area (Å²) in [6.07, 6.45) is 5.22. The SMILES string of the molecule is COc1ccc2nc3cc(Br)ccc3c(NCCCCN(C)CC3CC3)c2c1. The summed E-state index contributed by atoms with van der Waals surface area (Å²) in [5.74, 6) is 1.82. The van der Waals surface area contributed by atoms with Gasteiger partial charge in [0.2, 0.25) is 0 Å². The first-order valence-electron chi connectivity index (χ1n) is 10.1. The van der Waals surface area contributed by atoms with Gasteiger partial charge in [0.05, 0.1) is 23.8 Å². The minimum absolute atomic E-state index is 0.857. The third-order valence-electron chi connectivity index (χ3n) is 5.48. The van der Waals surface area contributed by atoms with Crippen molar-refractivity contribution in [1.82, 2.24) is 9.88 Å². The molecule has 1 fully saturated rings. The summed E-state index contributed by atoms with van der Waals surface area (Å²) >= 11 is 3.57. The topological polar surface area (TPSA) is 37.4 Å². The lowest BCUT2D eigenvalue weighted by Gasteiger charge is -2.17. The fraction of sp³-hybridized carbons (Fsp3) is 0.435. The number of ether oxygens (including phenoxy) is 1. The lowest BCUT2D eigenvalue weighted by atomic mass is 10.1. The highest BCUT2D eigenvalue weighted by molar-refractivity contribution is 9.10. The van der Waals surface area contributed by atoms with Crippen LogP contribution in [0.25, 0.3) is 21.8 Å². The maximum Gasteiger partial charge on any atom is 0.119 e. The molecule has 1 N–H and O–H groups in total. The summed E-state index contributed by atoms with van der Waals surface area (Å²) in [5.41, 5.74) is 3.13. The zero-order chi connectivity index (χ0) is 19.5. The Bertz CT molecular complexity index is 971. The summed E-state index contributed by atoms with van der Waals surface area (Å²) in [6.45, 7) is 3.40. The predicted molar refractivity (Wildman–Crippen MR) is 121 cm³/mol. The summed E-state index contributed by atoms with van der Waals surface area (Å²) < 4.78 is 6.49. The summed E-state index contributed by atoms with van der Waals surface area (Å²) in [4.78, 5) is 7.33. The molecule has 1 aliphatic rings. The molecule has 28 heavy (non-hydrogen) atoms. The Hall–Kier alpha value is -1.85. The Kier molecular flexibility index (Phi) is 6.02. The molecule has 1 heterocycles. The Morgan fingerprint density at radius 1 is 1.11 bits per heavy atom. The van der Waals surface area contributed by atoms with Crippen molar-refractivity contribution in [2.45, 2.75) is 25.7 Å². The minimum Gasteiger partial charge on any atom is -0.497 e. The van der Waals surface area contributed by atoms with E-state index < -0.39 is 0 Å². The third kappa shape index (κ3) is 4.58. The molecule has 3 aromatic rings. The first-order valence-corrected chi connectivity index (χ1v) is 10.9. The minimum atomic E-state index is 0.857. The van der Waals surface area contributed by atoms with Gasteiger partial charge in [-0.15, -0.1) is 0 Å². The van der Waals surface area contributed by atoms with Crippen LogP contribution >= 0.6 is 15.9 Å². The number of pyridine rings is 1. The monoisotopic (exact) mass is 441 g/mol. The Balaban J connectivity index is 1.51. The number of methoxy groups -OCH3 is 1. The molecule has 148 valence electrons. The van der Waals surface area contributed by atoms with E-state index in [2.05, 4.69) is 57.5 Å². The molecule has 0 atom stereocenters. The van der Waals surface area contributed by atoms with Crippen molar-refractivity contribution in [3.05, 3.63) is 40.9 Å². The summed E-state index contributed by atoms with van der Waals surface area (Å²) in [7, 11) is 3.96. The van der Waals surface area contributed by atoms with Gasteiger partial charge in [-0.3, -0.25) is 0 Å². The van der Waals surface area contributed by atoms with Gasteiger partial charge < -0.3 is 15.0 Å². The molecule has 1 aromatic heterocycles. The molecule has 0 radical (unpaired) electrons. The first kappa shape index (κ1) is 19.5. The van der Waals surface area contributed by atoms with Gasteiger partial charge in [0.1, 0.15) is 5.75 Å². The van der Waals surface area contributed by atoms with Crippen molar-refractivity contribution >= 4 is 43.4 Å². The smallest absolute Gasteiger partial charge is 0.119 e. The largest absolute Gasteiger partial charge is 0.497 e. The van der Waals surface area contributed by atoms with Gasteiger partial charge in [0.15, 0.2) is 0 Å². The average molecular weight is 442 g/mol. The Labute approximate surface area is 175 Å². The van der Waals surface area contributed by atoms with E-state index in [0.717, 1.165) is 56.6 Å². The van der Waals surface area contributed by atoms with E-state index in [4.69, 9.17) is 9.72 Å². The Morgan fingerprint density at radius 2 is 1.96 bits per heavy atom. The Morgan fingerprint density at radius 3 is 2.75 bits per heavy atom. The van der Waals surface area contributed by atoms with Crippen LogP contribution in [0.5, 0.6) is 5.75 Å². The fourth-order valence-corrected chi connectivity index (χ4v) is 4.12. The molecule has 0 bridgehead atoms. The second kappa shape index (κ2) is 8.66. The van der Waals surface area contributed by atoms with Crippen LogP contribution in [-0.4, -0.2) is 43.7 Å². The van der Waals surface area contributed by atoms with Crippen molar-refractivity contribution in [3.8, 4) is 5.75 Å². The number of unbranched alkanes of at least 4 members (excludes halogenated alkanes) is 1. The van der Waals surface area contributed by atoms with E-state index in [1.165, 1.54) is 32.4 Å². The van der Waals surface area contributed by atoms with E-state index in [-0.39, 0.29) is 0 Å². The standard InChI is InChI=1S/C23H28BrN3O/c1-27(15-16-5-6-16)12-4-3-11-25-23-19-9-7-17(24)13-22(19)26-21-10-8-18(28-2)14-20(21)23/h7-10,13-14,16H,3-6,11-12,15H2,1-2H3,(H,25,26). The molecule has 1 saturated carbocycles. The highest BCUT2D eigenvalue weighted by atomic mass is 79.9. The lowest BCUT2D eigenvalue weighted by molar-refractivity contribution is 0.314. The highest BCUT2D eigenvalue weighted by Gasteiger charge is 2.22.